The monoisotopic (exact) mass is 412 g/mol. The number of carbonyl (C=O) groups is 3. The molecule has 0 fully saturated rings. The third-order valence-corrected chi connectivity index (χ3v) is 2.36. The fourth-order valence-electron chi connectivity index (χ4n) is 1.44. The van der Waals surface area contributed by atoms with Gasteiger partial charge in [0.15, 0.2) is 0 Å². The molecule has 0 saturated heterocycles. The molecule has 114 valence electrons. The molecule has 0 radical (unpaired) electrons. The molecule has 0 amide bonds. The number of fused-ring (bicyclic) bond motifs is 9. The minimum absolute atomic E-state index is 0. The van der Waals surface area contributed by atoms with Gasteiger partial charge >= 0.3 is 69.5 Å². The summed E-state index contributed by atoms with van der Waals surface area (Å²) in [6.45, 7) is 0.719. The minimum atomic E-state index is -1.83. The first kappa shape index (κ1) is 24.2. The van der Waals surface area contributed by atoms with Crippen LogP contribution < -0.4 is 0 Å². The first-order valence-corrected chi connectivity index (χ1v) is 5.87. The fraction of sp³-hybridized carbons (Fsp3) is 0.308. The summed E-state index contributed by atoms with van der Waals surface area (Å²) in [6, 6.07) is 6.28. The van der Waals surface area contributed by atoms with Gasteiger partial charge in [-0.25, -0.2) is 14.4 Å². The zero-order chi connectivity index (χ0) is 15.0. The molecule has 2 bridgehead atoms. The number of rotatable bonds is 0. The zero-order valence-corrected chi connectivity index (χ0v) is 13.5. The molecular formula is C13H15KO7Zr. The van der Waals surface area contributed by atoms with E-state index in [4.69, 9.17) is 24.5 Å². The summed E-state index contributed by atoms with van der Waals surface area (Å²) < 4.78 is 10.1. The number of carbonyl (C=O) groups excluding carboxylic acids is 2. The third-order valence-electron chi connectivity index (χ3n) is 2.36. The Hall–Kier alpha value is -0.0505. The molecule has 3 rings (SSSR count). The van der Waals surface area contributed by atoms with Gasteiger partial charge in [0.05, 0.1) is 24.3 Å². The Morgan fingerprint density at radius 2 is 1.14 bits per heavy atom. The van der Waals surface area contributed by atoms with Gasteiger partial charge in [-0.05, 0) is 37.1 Å². The van der Waals surface area contributed by atoms with Gasteiger partial charge in [-0.3, -0.25) is 0 Å². The smallest absolute Gasteiger partial charge is 0 e. The molecule has 1 aromatic rings. The van der Waals surface area contributed by atoms with E-state index in [1.165, 1.54) is 0 Å². The van der Waals surface area contributed by atoms with E-state index in [2.05, 4.69) is 0 Å². The quantitative estimate of drug-likeness (QED) is 0.488. The number of hydrogen-bond donors (Lipinski definition) is 2. The number of carboxylic acid groups (broad SMARTS) is 2. The Labute approximate surface area is 188 Å². The van der Waals surface area contributed by atoms with Gasteiger partial charge in [-0.2, -0.15) is 0 Å². The minimum Gasteiger partial charge on any atom is 0 e. The van der Waals surface area contributed by atoms with Crippen molar-refractivity contribution in [3.8, 4) is 0 Å². The van der Waals surface area contributed by atoms with Crippen molar-refractivity contribution in [2.75, 3.05) is 13.2 Å². The van der Waals surface area contributed by atoms with E-state index in [1.54, 1.807) is 24.3 Å². The van der Waals surface area contributed by atoms with Crippen LogP contribution in [0.4, 0.5) is 4.79 Å². The van der Waals surface area contributed by atoms with Crippen LogP contribution in [0, 0.1) is 0 Å². The van der Waals surface area contributed by atoms with Crippen molar-refractivity contribution < 1.29 is 60.3 Å². The SMILES string of the molecule is O=C(O)O.O=C1OCCCCOC(=O)c2ccc1cc2.[KH].[Zr]. The molecule has 2 aliphatic rings. The maximum absolute atomic E-state index is 11.5. The van der Waals surface area contributed by atoms with Crippen LogP contribution in [0.5, 0.6) is 0 Å². The summed E-state index contributed by atoms with van der Waals surface area (Å²) in [6.07, 6.45) is -0.426. The van der Waals surface area contributed by atoms with Crippen molar-refractivity contribution in [3.05, 3.63) is 35.4 Å². The number of ether oxygens (including phenoxy) is 2. The van der Waals surface area contributed by atoms with E-state index in [1.807, 2.05) is 0 Å². The van der Waals surface area contributed by atoms with Crippen molar-refractivity contribution in [1.29, 1.82) is 0 Å². The first-order chi connectivity index (χ1) is 9.50. The molecule has 0 aromatic heterocycles. The molecule has 0 atom stereocenters. The van der Waals surface area contributed by atoms with Crippen molar-refractivity contribution >= 4 is 69.5 Å². The molecule has 0 aliphatic carbocycles. The summed E-state index contributed by atoms with van der Waals surface area (Å²) in [5.41, 5.74) is 0.911. The van der Waals surface area contributed by atoms with E-state index in [9.17, 15) is 9.59 Å². The summed E-state index contributed by atoms with van der Waals surface area (Å²) in [5, 5.41) is 13.9. The van der Waals surface area contributed by atoms with Crippen LogP contribution in [-0.2, 0) is 35.7 Å². The fourth-order valence-corrected chi connectivity index (χ4v) is 1.44. The predicted octanol–water partition coefficient (Wildman–Crippen LogP) is 1.37. The van der Waals surface area contributed by atoms with Gasteiger partial charge in [-0.1, -0.05) is 0 Å². The molecule has 7 nitrogen and oxygen atoms in total. The largest absolute Gasteiger partial charge is 0 e. The third kappa shape index (κ3) is 9.86. The number of hydrogen-bond acceptors (Lipinski definition) is 5. The first-order valence-electron chi connectivity index (χ1n) is 5.87. The van der Waals surface area contributed by atoms with Crippen LogP contribution in [-0.4, -0.2) is 92.9 Å². The molecular weight excluding hydrogens is 398 g/mol. The number of esters is 2. The molecule has 0 unspecified atom stereocenters. The van der Waals surface area contributed by atoms with Crippen molar-refractivity contribution in [1.82, 2.24) is 0 Å². The van der Waals surface area contributed by atoms with Crippen molar-refractivity contribution in [3.63, 3.8) is 0 Å². The predicted molar refractivity (Wildman–Crippen MR) is 74.0 cm³/mol. The Morgan fingerprint density at radius 1 is 0.864 bits per heavy atom. The van der Waals surface area contributed by atoms with E-state index in [0.717, 1.165) is 0 Å². The summed E-state index contributed by atoms with van der Waals surface area (Å²) in [5.74, 6) is -0.694. The van der Waals surface area contributed by atoms with Gasteiger partial charge in [0.2, 0.25) is 0 Å². The van der Waals surface area contributed by atoms with E-state index < -0.39 is 6.16 Å². The van der Waals surface area contributed by atoms with Gasteiger partial charge in [0.1, 0.15) is 0 Å². The van der Waals surface area contributed by atoms with Crippen LogP contribution in [0.2, 0.25) is 0 Å². The average molecular weight is 414 g/mol. The second kappa shape index (κ2) is 13.4. The average Bonchev–Trinajstić information content (AvgIpc) is 2.40. The normalized spacial score (nSPS) is 13.5. The topological polar surface area (TPSA) is 110 Å². The van der Waals surface area contributed by atoms with Gasteiger partial charge in [-0.15, -0.1) is 0 Å². The Bertz CT molecular complexity index is 447. The molecule has 2 N–H and O–H groups in total. The molecule has 9 heteroatoms. The Morgan fingerprint density at radius 3 is 1.41 bits per heavy atom. The van der Waals surface area contributed by atoms with Crippen LogP contribution >= 0.6 is 0 Å². The molecule has 0 spiro atoms. The van der Waals surface area contributed by atoms with Crippen LogP contribution in [0.15, 0.2) is 24.3 Å². The molecule has 0 saturated carbocycles. The zero-order valence-electron chi connectivity index (χ0n) is 11.1. The van der Waals surface area contributed by atoms with E-state index in [0.29, 0.717) is 37.2 Å². The van der Waals surface area contributed by atoms with Crippen molar-refractivity contribution in [2.45, 2.75) is 12.8 Å². The van der Waals surface area contributed by atoms with Crippen LogP contribution in [0.1, 0.15) is 33.6 Å². The number of benzene rings is 1. The molecule has 1 aromatic carbocycles. The van der Waals surface area contributed by atoms with Crippen LogP contribution in [0.25, 0.3) is 0 Å². The van der Waals surface area contributed by atoms with E-state index >= 15 is 0 Å². The standard InChI is InChI=1S/C12H12O4.CH2O3.K.Zr.H/c13-11-9-3-5-10(6-4-9)12(14)16-8-2-1-7-15-11;2-1(3)4;;;/h3-6H,1-2,7-8H2;(H2,2,3,4);;;. The maximum atomic E-state index is 11.5. The Balaban J connectivity index is 0. The second-order valence-electron chi connectivity index (χ2n) is 3.84. The maximum Gasteiger partial charge on any atom is 0 e. The van der Waals surface area contributed by atoms with Crippen molar-refractivity contribution in [2.24, 2.45) is 0 Å². The molecule has 22 heavy (non-hydrogen) atoms. The summed E-state index contributed by atoms with van der Waals surface area (Å²) in [7, 11) is 0. The van der Waals surface area contributed by atoms with Crippen LogP contribution in [0.3, 0.4) is 0 Å². The Kier molecular flexibility index (Phi) is 14.7. The summed E-state index contributed by atoms with van der Waals surface area (Å²) in [4.78, 5) is 31.5. The van der Waals surface area contributed by atoms with Gasteiger partial charge in [0, 0.05) is 26.2 Å². The summed E-state index contributed by atoms with van der Waals surface area (Å²) >= 11 is 0. The molecule has 2 heterocycles. The van der Waals surface area contributed by atoms with E-state index in [-0.39, 0.29) is 89.5 Å². The second-order valence-corrected chi connectivity index (χ2v) is 3.84. The molecule has 2 aliphatic heterocycles. The van der Waals surface area contributed by atoms with Gasteiger partial charge < -0.3 is 19.7 Å². The van der Waals surface area contributed by atoms with Gasteiger partial charge in [0.25, 0.3) is 0 Å².